The molecule has 0 radical (unpaired) electrons. The molecular weight excluding hydrogens is 360 g/mol. The topological polar surface area (TPSA) is 52.6 Å². The van der Waals surface area contributed by atoms with Crippen molar-refractivity contribution in [3.63, 3.8) is 0 Å². The lowest BCUT2D eigenvalue weighted by Crippen LogP contribution is -2.59. The number of carbonyl (C=O) groups is 1. The molecule has 1 aromatic rings. The number of hydrogen-bond donors (Lipinski definition) is 2. The van der Waals surface area contributed by atoms with E-state index < -0.39 is 5.54 Å². The Morgan fingerprint density at radius 3 is 2.31 bits per heavy atom. The maximum absolute atomic E-state index is 13.5. The Labute approximate surface area is 176 Å². The molecular formula is C25H38N2O2. The highest BCUT2D eigenvalue weighted by atomic mass is 16.3. The molecule has 2 rings (SSSR count). The molecule has 2 unspecified atom stereocenters. The van der Waals surface area contributed by atoms with Gasteiger partial charge in [-0.1, -0.05) is 55.8 Å². The summed E-state index contributed by atoms with van der Waals surface area (Å²) in [5, 5.41) is 14.0. The molecule has 1 amide bonds. The summed E-state index contributed by atoms with van der Waals surface area (Å²) in [6, 6.07) is 9.82. The number of rotatable bonds is 9. The number of nitrogens with zero attached hydrogens (tertiary/aromatic N) is 1. The summed E-state index contributed by atoms with van der Waals surface area (Å²) < 4.78 is 0. The average Bonchev–Trinajstić information content (AvgIpc) is 3.30. The number of benzene rings is 1. The third-order valence-corrected chi connectivity index (χ3v) is 6.58. The molecule has 0 bridgehead atoms. The van der Waals surface area contributed by atoms with Crippen LogP contribution in [-0.2, 0) is 4.79 Å². The van der Waals surface area contributed by atoms with E-state index >= 15 is 0 Å². The van der Waals surface area contributed by atoms with E-state index in [4.69, 9.17) is 0 Å². The fraction of sp³-hybridized carbons (Fsp3) is 0.560. The third-order valence-electron chi connectivity index (χ3n) is 6.58. The highest BCUT2D eigenvalue weighted by Gasteiger charge is 2.45. The molecule has 29 heavy (non-hydrogen) atoms. The molecule has 0 aliphatic carbocycles. The van der Waals surface area contributed by atoms with Gasteiger partial charge in [0.2, 0.25) is 0 Å². The van der Waals surface area contributed by atoms with Gasteiger partial charge in [-0.3, -0.25) is 9.69 Å². The van der Waals surface area contributed by atoms with Gasteiger partial charge in [0, 0.05) is 5.57 Å². The second-order valence-corrected chi connectivity index (χ2v) is 8.11. The Morgan fingerprint density at radius 1 is 1.21 bits per heavy atom. The molecule has 1 fully saturated rings. The second-order valence-electron chi connectivity index (χ2n) is 8.11. The molecule has 160 valence electrons. The number of hydrogen-bond acceptors (Lipinski definition) is 3. The van der Waals surface area contributed by atoms with Crippen LogP contribution in [0, 0.1) is 0 Å². The van der Waals surface area contributed by atoms with Gasteiger partial charge in [0.05, 0.1) is 18.2 Å². The van der Waals surface area contributed by atoms with Crippen LogP contribution in [0.15, 0.2) is 53.1 Å². The van der Waals surface area contributed by atoms with Gasteiger partial charge in [-0.2, -0.15) is 0 Å². The van der Waals surface area contributed by atoms with Gasteiger partial charge in [-0.15, -0.1) is 0 Å². The van der Waals surface area contributed by atoms with Gasteiger partial charge in [0.15, 0.2) is 0 Å². The molecule has 4 nitrogen and oxygen atoms in total. The lowest BCUT2D eigenvalue weighted by molar-refractivity contribution is -0.120. The Morgan fingerprint density at radius 2 is 1.83 bits per heavy atom. The zero-order valence-electron chi connectivity index (χ0n) is 18.8. The van der Waals surface area contributed by atoms with Crippen LogP contribution in [0.3, 0.4) is 0 Å². The lowest BCUT2D eigenvalue weighted by atomic mass is 9.81. The van der Waals surface area contributed by atoms with Crippen LogP contribution in [-0.4, -0.2) is 41.1 Å². The first kappa shape index (κ1) is 23.4. The summed E-state index contributed by atoms with van der Waals surface area (Å²) in [4.78, 5) is 15.9. The summed E-state index contributed by atoms with van der Waals surface area (Å²) in [6.45, 7) is 12.1. The van der Waals surface area contributed by atoms with Crippen molar-refractivity contribution in [2.75, 3.05) is 19.7 Å². The summed E-state index contributed by atoms with van der Waals surface area (Å²) in [7, 11) is 0. The van der Waals surface area contributed by atoms with E-state index in [0.29, 0.717) is 0 Å². The number of allylic oxidation sites excluding steroid dienone is 2. The molecule has 0 aromatic heterocycles. The first-order valence-electron chi connectivity index (χ1n) is 11.0. The highest BCUT2D eigenvalue weighted by molar-refractivity contribution is 5.98. The minimum atomic E-state index is -0.511. The van der Waals surface area contributed by atoms with E-state index in [1.807, 2.05) is 45.0 Å². The minimum absolute atomic E-state index is 0.0117. The van der Waals surface area contributed by atoms with Gasteiger partial charge in [0.1, 0.15) is 0 Å². The summed E-state index contributed by atoms with van der Waals surface area (Å²) in [5.74, 6) is -0.0562. The van der Waals surface area contributed by atoms with Crippen molar-refractivity contribution in [2.45, 2.75) is 71.9 Å². The van der Waals surface area contributed by atoms with Crippen molar-refractivity contribution in [3.05, 3.63) is 58.7 Å². The predicted molar refractivity (Wildman–Crippen MR) is 121 cm³/mol. The minimum Gasteiger partial charge on any atom is -0.394 e. The Bertz CT molecular complexity index is 726. The van der Waals surface area contributed by atoms with E-state index in [9.17, 15) is 9.90 Å². The predicted octanol–water partition coefficient (Wildman–Crippen LogP) is 4.77. The van der Waals surface area contributed by atoms with Crippen LogP contribution in [0.1, 0.15) is 71.9 Å². The normalized spacial score (nSPS) is 19.4. The maximum Gasteiger partial charge on any atom is 0.252 e. The fourth-order valence-corrected chi connectivity index (χ4v) is 4.48. The van der Waals surface area contributed by atoms with Crippen molar-refractivity contribution < 1.29 is 9.90 Å². The fourth-order valence-electron chi connectivity index (χ4n) is 4.48. The molecule has 1 aliphatic heterocycles. The summed E-state index contributed by atoms with van der Waals surface area (Å²) >= 11 is 0. The molecule has 1 aromatic carbocycles. The standard InChI is InChI=1S/C25H38N2O2/c1-6-19(4)22(20(5)7-2)24(29)26-23(21-14-10-9-11-15-21)25(8-3,18-28)27-16-12-13-17-27/h6,9-11,14-15,23,28H,7-8,12-13,16-18H2,1-5H3,(H,26,29)/b19-6-,22-20+. The molecule has 0 saturated carbocycles. The van der Waals surface area contributed by atoms with Crippen molar-refractivity contribution in [3.8, 4) is 0 Å². The Balaban J connectivity index is 2.53. The summed E-state index contributed by atoms with van der Waals surface area (Å²) in [5.41, 5.74) is 3.36. The van der Waals surface area contributed by atoms with Crippen LogP contribution in [0.25, 0.3) is 0 Å². The first-order valence-corrected chi connectivity index (χ1v) is 11.0. The number of likely N-dealkylation sites (tertiary alicyclic amines) is 1. The Kier molecular flexibility index (Phi) is 8.66. The van der Waals surface area contributed by atoms with E-state index in [1.165, 1.54) is 0 Å². The number of carbonyl (C=O) groups excluding carboxylic acids is 1. The van der Waals surface area contributed by atoms with Crippen molar-refractivity contribution >= 4 is 5.91 Å². The van der Waals surface area contributed by atoms with Gasteiger partial charge in [0.25, 0.3) is 5.91 Å². The monoisotopic (exact) mass is 398 g/mol. The largest absolute Gasteiger partial charge is 0.394 e. The molecule has 1 aliphatic rings. The van der Waals surface area contributed by atoms with Gasteiger partial charge in [-0.25, -0.2) is 0 Å². The van der Waals surface area contributed by atoms with Crippen LogP contribution < -0.4 is 5.32 Å². The average molecular weight is 399 g/mol. The van der Waals surface area contributed by atoms with Crippen LogP contribution in [0.2, 0.25) is 0 Å². The Hall–Kier alpha value is -1.91. The summed E-state index contributed by atoms with van der Waals surface area (Å²) in [6.07, 6.45) is 5.85. The third kappa shape index (κ3) is 4.99. The lowest BCUT2D eigenvalue weighted by Gasteiger charge is -2.46. The zero-order valence-corrected chi connectivity index (χ0v) is 18.8. The number of aliphatic hydroxyl groups excluding tert-OH is 1. The van der Waals surface area contributed by atoms with Crippen molar-refractivity contribution in [1.29, 1.82) is 0 Å². The SMILES string of the molecule is C/C=C(C)\C(C(=O)NC(c1ccccc1)C(CC)(CO)N1CCCC1)=C(\C)CC. The molecule has 2 N–H and O–H groups in total. The molecule has 1 heterocycles. The number of aliphatic hydroxyl groups is 1. The molecule has 2 atom stereocenters. The van der Waals surface area contributed by atoms with Gasteiger partial charge >= 0.3 is 0 Å². The smallest absolute Gasteiger partial charge is 0.252 e. The van der Waals surface area contributed by atoms with E-state index in [0.717, 1.165) is 61.1 Å². The van der Waals surface area contributed by atoms with E-state index in [-0.39, 0.29) is 18.6 Å². The van der Waals surface area contributed by atoms with Crippen molar-refractivity contribution in [2.24, 2.45) is 0 Å². The van der Waals surface area contributed by atoms with E-state index in [1.54, 1.807) is 0 Å². The van der Waals surface area contributed by atoms with E-state index in [2.05, 4.69) is 36.2 Å². The van der Waals surface area contributed by atoms with Gasteiger partial charge in [-0.05, 0) is 70.7 Å². The quantitative estimate of drug-likeness (QED) is 0.465. The van der Waals surface area contributed by atoms with Crippen molar-refractivity contribution in [1.82, 2.24) is 10.2 Å². The number of nitrogens with one attached hydrogen (secondary N) is 1. The maximum atomic E-state index is 13.5. The first-order chi connectivity index (χ1) is 13.9. The molecule has 4 heteroatoms. The molecule has 1 saturated heterocycles. The second kappa shape index (κ2) is 10.7. The van der Waals surface area contributed by atoms with Crippen LogP contribution in [0.4, 0.5) is 0 Å². The van der Waals surface area contributed by atoms with Gasteiger partial charge < -0.3 is 10.4 Å². The van der Waals surface area contributed by atoms with Crippen LogP contribution >= 0.6 is 0 Å². The molecule has 0 spiro atoms. The highest BCUT2D eigenvalue weighted by Crippen LogP contribution is 2.37. The van der Waals surface area contributed by atoms with Crippen LogP contribution in [0.5, 0.6) is 0 Å². The number of amides is 1. The zero-order chi connectivity index (χ0) is 21.4.